The number of ether oxygens (including phenoxy) is 1. The van der Waals surface area contributed by atoms with E-state index in [0.717, 1.165) is 53.1 Å². The molecule has 10 heteroatoms. The first-order chi connectivity index (χ1) is 20.3. The highest BCUT2D eigenvalue weighted by Gasteiger charge is 2.46. The van der Waals surface area contributed by atoms with Gasteiger partial charge in [-0.2, -0.15) is 4.98 Å². The van der Waals surface area contributed by atoms with E-state index in [1.165, 1.54) is 36.9 Å². The average molecular weight is 625 g/mol. The third-order valence-electron chi connectivity index (χ3n) is 9.36. The number of halogens is 1. The fourth-order valence-electron chi connectivity index (χ4n) is 6.55. The molecule has 0 atom stereocenters. The van der Waals surface area contributed by atoms with E-state index in [1.54, 1.807) is 26.6 Å². The summed E-state index contributed by atoms with van der Waals surface area (Å²) in [4.78, 5) is 14.1. The second kappa shape index (κ2) is 12.3. The number of hydrogen-bond acceptors (Lipinski definition) is 8. The third kappa shape index (κ3) is 6.67. The third-order valence-corrected chi connectivity index (χ3v) is 11.2. The van der Waals surface area contributed by atoms with Crippen molar-refractivity contribution < 1.29 is 9.30 Å². The van der Waals surface area contributed by atoms with Crippen molar-refractivity contribution in [3.63, 3.8) is 0 Å². The van der Waals surface area contributed by atoms with E-state index in [1.807, 2.05) is 26.0 Å². The molecule has 1 saturated carbocycles. The van der Waals surface area contributed by atoms with Gasteiger partial charge < -0.3 is 29.7 Å². The zero-order chi connectivity index (χ0) is 31.1. The molecule has 1 aliphatic carbocycles. The SMILES string of the molecule is CCc1cc(Nc2ncc(Cl)c(Nc3cc(C)c(C)cc3P(C)(C)=O)n2)c(OC)cc1N1CC2(CCC(N(C)C)CC2)C1. The highest BCUT2D eigenvalue weighted by Crippen LogP contribution is 2.48. The quantitative estimate of drug-likeness (QED) is 0.239. The number of hydrogen-bond donors (Lipinski definition) is 2. The van der Waals surface area contributed by atoms with Crippen molar-refractivity contribution in [2.24, 2.45) is 5.41 Å². The van der Waals surface area contributed by atoms with Crippen LogP contribution in [-0.4, -0.2) is 68.5 Å². The zero-order valence-corrected chi connectivity index (χ0v) is 28.5. The summed E-state index contributed by atoms with van der Waals surface area (Å²) in [5, 5.41) is 7.84. The molecule has 0 radical (unpaired) electrons. The Balaban J connectivity index is 1.37. The van der Waals surface area contributed by atoms with Crippen LogP contribution in [0.1, 0.15) is 49.3 Å². The first-order valence-corrected chi connectivity index (χ1v) is 18.2. The van der Waals surface area contributed by atoms with Gasteiger partial charge in [-0.1, -0.05) is 18.5 Å². The van der Waals surface area contributed by atoms with Crippen LogP contribution in [0, 0.1) is 19.3 Å². The van der Waals surface area contributed by atoms with Crippen LogP contribution >= 0.6 is 18.7 Å². The largest absolute Gasteiger partial charge is 0.494 e. The number of nitrogens with one attached hydrogen (secondary N) is 2. The number of methoxy groups -OCH3 is 1. The molecular weight excluding hydrogens is 579 g/mol. The van der Waals surface area contributed by atoms with Crippen LogP contribution in [0.3, 0.4) is 0 Å². The van der Waals surface area contributed by atoms with Crippen LogP contribution in [-0.2, 0) is 11.0 Å². The predicted octanol–water partition coefficient (Wildman–Crippen LogP) is 7.36. The fraction of sp³-hybridized carbons (Fsp3) is 0.515. The molecule has 0 amide bonds. The molecular formula is C33H46ClN6O2P. The van der Waals surface area contributed by atoms with Gasteiger partial charge in [0, 0.05) is 41.6 Å². The van der Waals surface area contributed by atoms with E-state index in [9.17, 15) is 4.57 Å². The lowest BCUT2D eigenvalue weighted by Gasteiger charge is -2.55. The van der Waals surface area contributed by atoms with Crippen molar-refractivity contribution in [3.05, 3.63) is 52.2 Å². The van der Waals surface area contributed by atoms with Gasteiger partial charge in [-0.05, 0) is 108 Å². The van der Waals surface area contributed by atoms with Gasteiger partial charge >= 0.3 is 0 Å². The molecule has 8 nitrogen and oxygen atoms in total. The van der Waals surface area contributed by atoms with Crippen molar-refractivity contribution >= 4 is 52.9 Å². The minimum atomic E-state index is -2.56. The highest BCUT2D eigenvalue weighted by atomic mass is 35.5. The van der Waals surface area contributed by atoms with Crippen LogP contribution in [0.25, 0.3) is 0 Å². The van der Waals surface area contributed by atoms with E-state index in [2.05, 4.69) is 58.6 Å². The van der Waals surface area contributed by atoms with Crippen molar-refractivity contribution in [1.29, 1.82) is 0 Å². The molecule has 1 aromatic heterocycles. The lowest BCUT2D eigenvalue weighted by atomic mass is 9.67. The molecule has 0 bridgehead atoms. The molecule has 0 unspecified atom stereocenters. The van der Waals surface area contributed by atoms with Gasteiger partial charge in [0.1, 0.15) is 17.9 Å². The molecule has 2 N–H and O–H groups in total. The maximum Gasteiger partial charge on any atom is 0.229 e. The Kier molecular flexibility index (Phi) is 9.04. The van der Waals surface area contributed by atoms with E-state index >= 15 is 0 Å². The van der Waals surface area contributed by atoms with Crippen LogP contribution in [0.5, 0.6) is 5.75 Å². The molecule has 2 heterocycles. The first-order valence-electron chi connectivity index (χ1n) is 15.2. The maximum absolute atomic E-state index is 13.1. The Morgan fingerprint density at radius 2 is 1.74 bits per heavy atom. The number of nitrogens with zero attached hydrogens (tertiary/aromatic N) is 4. The van der Waals surface area contributed by atoms with E-state index in [4.69, 9.17) is 21.3 Å². The summed E-state index contributed by atoms with van der Waals surface area (Å²) >= 11 is 6.54. The Morgan fingerprint density at radius 3 is 2.35 bits per heavy atom. The number of benzene rings is 2. The first kappa shape index (κ1) is 31.6. The van der Waals surface area contributed by atoms with Crippen LogP contribution in [0.4, 0.5) is 28.8 Å². The van der Waals surface area contributed by atoms with Crippen molar-refractivity contribution in [2.45, 2.75) is 58.9 Å². The molecule has 1 aliphatic heterocycles. The summed E-state index contributed by atoms with van der Waals surface area (Å²) in [6, 6.07) is 9.00. The Bertz CT molecular complexity index is 1540. The Hall–Kier alpha value is -2.80. The van der Waals surface area contributed by atoms with E-state index in [-0.39, 0.29) is 0 Å². The lowest BCUT2D eigenvalue weighted by Crippen LogP contribution is -2.59. The minimum Gasteiger partial charge on any atom is -0.494 e. The molecule has 2 aliphatic rings. The maximum atomic E-state index is 13.1. The topological polar surface area (TPSA) is 82.6 Å². The van der Waals surface area contributed by atoms with Crippen LogP contribution in [0.2, 0.25) is 5.02 Å². The van der Waals surface area contributed by atoms with Gasteiger partial charge in [0.2, 0.25) is 5.95 Å². The fourth-order valence-corrected chi connectivity index (χ4v) is 7.89. The van der Waals surface area contributed by atoms with Gasteiger partial charge in [-0.3, -0.25) is 0 Å². The zero-order valence-electron chi connectivity index (χ0n) is 26.8. The second-order valence-corrected chi connectivity index (χ2v) is 16.6. The van der Waals surface area contributed by atoms with Gasteiger partial charge in [0.15, 0.2) is 5.82 Å². The molecule has 1 saturated heterocycles. The number of anilines is 5. The smallest absolute Gasteiger partial charge is 0.229 e. The number of rotatable bonds is 9. The standard InChI is InChI=1S/C33H46ClN6O2P/c1-9-23-16-26(29(42-6)17-28(23)40-19-33(20-40)12-10-24(11-13-33)39(4)5)37-32-35-18-25(34)31(38-32)36-27-14-21(2)22(3)15-30(27)43(7,8)41/h14-18,24H,9-13,19-20H2,1-8H3,(H2,35,36,37,38). The number of aromatic nitrogens is 2. The van der Waals surface area contributed by atoms with Crippen LogP contribution < -0.4 is 25.6 Å². The lowest BCUT2D eigenvalue weighted by molar-refractivity contribution is 0.0887. The summed E-state index contributed by atoms with van der Waals surface area (Å²) < 4.78 is 19.0. The highest BCUT2D eigenvalue weighted by molar-refractivity contribution is 7.70. The summed E-state index contributed by atoms with van der Waals surface area (Å²) in [6.45, 7) is 12.0. The van der Waals surface area contributed by atoms with Gasteiger partial charge in [-0.25, -0.2) is 4.98 Å². The average Bonchev–Trinajstić information content (AvgIpc) is 2.94. The van der Waals surface area contributed by atoms with Crippen molar-refractivity contribution in [2.75, 3.05) is 63.2 Å². The van der Waals surface area contributed by atoms with Crippen molar-refractivity contribution in [3.8, 4) is 5.75 Å². The molecule has 3 aromatic rings. The summed E-state index contributed by atoms with van der Waals surface area (Å²) in [5.74, 6) is 1.58. The Labute approximate surface area is 262 Å². The molecule has 232 valence electrons. The van der Waals surface area contributed by atoms with E-state index < -0.39 is 7.14 Å². The van der Waals surface area contributed by atoms with Gasteiger partial charge in [-0.15, -0.1) is 0 Å². The molecule has 5 rings (SSSR count). The molecule has 2 fully saturated rings. The normalized spacial score (nSPS) is 16.8. The Morgan fingerprint density at radius 1 is 1.07 bits per heavy atom. The van der Waals surface area contributed by atoms with E-state index in [0.29, 0.717) is 28.2 Å². The van der Waals surface area contributed by atoms with Crippen LogP contribution in [0.15, 0.2) is 30.5 Å². The predicted molar refractivity (Wildman–Crippen MR) is 182 cm³/mol. The molecule has 43 heavy (non-hydrogen) atoms. The summed E-state index contributed by atoms with van der Waals surface area (Å²) in [7, 11) is 3.54. The minimum absolute atomic E-state index is 0.375. The van der Waals surface area contributed by atoms with Crippen molar-refractivity contribution in [1.82, 2.24) is 14.9 Å². The molecule has 1 spiro atoms. The monoisotopic (exact) mass is 624 g/mol. The summed E-state index contributed by atoms with van der Waals surface area (Å²) in [5.41, 5.74) is 6.67. The number of aryl methyl sites for hydroxylation is 3. The van der Waals surface area contributed by atoms with Gasteiger partial charge in [0.25, 0.3) is 0 Å². The molecule has 2 aromatic carbocycles. The summed E-state index contributed by atoms with van der Waals surface area (Å²) in [6.07, 6.45) is 7.64. The second-order valence-electron chi connectivity index (χ2n) is 13.0. The van der Waals surface area contributed by atoms with Gasteiger partial charge in [0.05, 0.1) is 24.7 Å².